The van der Waals surface area contributed by atoms with E-state index in [2.05, 4.69) is 4.98 Å². The monoisotopic (exact) mass is 154 g/mol. The van der Waals surface area contributed by atoms with Gasteiger partial charge in [-0.2, -0.15) is 4.98 Å². The van der Waals surface area contributed by atoms with Crippen molar-refractivity contribution in [3.8, 4) is 6.01 Å². The van der Waals surface area contributed by atoms with Crippen LogP contribution in [-0.2, 0) is 7.05 Å². The molecular formula is C6H6N2OS. The van der Waals surface area contributed by atoms with Crippen molar-refractivity contribution in [3.05, 3.63) is 11.4 Å². The predicted molar refractivity (Wildman–Crippen MR) is 40.3 cm³/mol. The summed E-state index contributed by atoms with van der Waals surface area (Å²) in [6.45, 7) is 0. The molecule has 0 saturated carbocycles. The normalized spacial score (nSPS) is 10.9. The smallest absolute Gasteiger partial charge is 0.295 e. The minimum Gasteiger partial charge on any atom is -0.480 e. The Labute approximate surface area is 61.6 Å². The molecule has 0 spiro atoms. The van der Waals surface area contributed by atoms with Crippen LogP contribution in [0.15, 0.2) is 11.4 Å². The number of imidazole rings is 1. The van der Waals surface area contributed by atoms with E-state index in [4.69, 9.17) is 5.11 Å². The molecule has 10 heavy (non-hydrogen) atoms. The number of aryl methyl sites for hydroxylation is 1. The molecule has 0 unspecified atom stereocenters. The van der Waals surface area contributed by atoms with E-state index in [9.17, 15) is 0 Å². The van der Waals surface area contributed by atoms with Crippen molar-refractivity contribution < 1.29 is 5.11 Å². The third-order valence-corrected chi connectivity index (χ3v) is 2.28. The van der Waals surface area contributed by atoms with E-state index in [0.717, 1.165) is 10.3 Å². The van der Waals surface area contributed by atoms with E-state index in [0.29, 0.717) is 0 Å². The molecular weight excluding hydrogens is 148 g/mol. The Morgan fingerprint density at radius 2 is 2.50 bits per heavy atom. The lowest BCUT2D eigenvalue weighted by Gasteiger charge is -1.89. The van der Waals surface area contributed by atoms with Crippen LogP contribution >= 0.6 is 11.3 Å². The summed E-state index contributed by atoms with van der Waals surface area (Å²) >= 11 is 1.53. The van der Waals surface area contributed by atoms with Crippen molar-refractivity contribution in [2.75, 3.05) is 0 Å². The molecule has 0 aliphatic rings. The van der Waals surface area contributed by atoms with Crippen LogP contribution in [0, 0.1) is 0 Å². The maximum Gasteiger partial charge on any atom is 0.295 e. The van der Waals surface area contributed by atoms with Crippen LogP contribution in [0.3, 0.4) is 0 Å². The minimum atomic E-state index is 0.0850. The Hall–Kier alpha value is -1.03. The van der Waals surface area contributed by atoms with Crippen molar-refractivity contribution in [1.29, 1.82) is 0 Å². The lowest BCUT2D eigenvalue weighted by molar-refractivity contribution is 0.415. The first-order valence-electron chi connectivity index (χ1n) is 2.88. The zero-order valence-corrected chi connectivity index (χ0v) is 6.22. The summed E-state index contributed by atoms with van der Waals surface area (Å²) in [5, 5.41) is 11.0. The molecule has 0 fully saturated rings. The van der Waals surface area contributed by atoms with Gasteiger partial charge in [0.2, 0.25) is 0 Å². The maximum atomic E-state index is 9.09. The Bertz CT molecular complexity index is 363. The first kappa shape index (κ1) is 5.73. The Morgan fingerprint density at radius 3 is 3.20 bits per heavy atom. The van der Waals surface area contributed by atoms with Gasteiger partial charge in [0.25, 0.3) is 6.01 Å². The molecule has 1 N–H and O–H groups in total. The van der Waals surface area contributed by atoms with Crippen LogP contribution in [0.1, 0.15) is 0 Å². The van der Waals surface area contributed by atoms with Gasteiger partial charge in [-0.1, -0.05) is 0 Å². The van der Waals surface area contributed by atoms with Gasteiger partial charge >= 0.3 is 0 Å². The van der Waals surface area contributed by atoms with Gasteiger partial charge in [0.1, 0.15) is 4.83 Å². The molecule has 4 heteroatoms. The summed E-state index contributed by atoms with van der Waals surface area (Å²) < 4.78 is 1.66. The van der Waals surface area contributed by atoms with Crippen molar-refractivity contribution in [2.45, 2.75) is 0 Å². The van der Waals surface area contributed by atoms with E-state index in [1.165, 1.54) is 11.3 Å². The Balaban J connectivity index is 2.95. The number of aromatic nitrogens is 2. The summed E-state index contributed by atoms with van der Waals surface area (Å²) in [6.07, 6.45) is 0. The Morgan fingerprint density at radius 1 is 1.70 bits per heavy atom. The molecule has 0 amide bonds. The maximum absolute atomic E-state index is 9.09. The predicted octanol–water partition coefficient (Wildman–Crippen LogP) is 1.34. The highest BCUT2D eigenvalue weighted by Gasteiger charge is 2.04. The van der Waals surface area contributed by atoms with Crippen molar-refractivity contribution in [1.82, 2.24) is 9.55 Å². The van der Waals surface area contributed by atoms with E-state index in [-0.39, 0.29) is 6.01 Å². The Kier molecular flexibility index (Phi) is 0.990. The van der Waals surface area contributed by atoms with E-state index in [1.54, 1.807) is 11.6 Å². The van der Waals surface area contributed by atoms with E-state index >= 15 is 0 Å². The highest BCUT2D eigenvalue weighted by Crippen LogP contribution is 2.22. The quantitative estimate of drug-likeness (QED) is 0.621. The summed E-state index contributed by atoms with van der Waals surface area (Å²) in [4.78, 5) is 4.80. The van der Waals surface area contributed by atoms with Crippen LogP contribution < -0.4 is 0 Å². The molecule has 2 heterocycles. The molecule has 2 aromatic heterocycles. The summed E-state index contributed by atoms with van der Waals surface area (Å²) in [7, 11) is 1.79. The van der Waals surface area contributed by atoms with Gasteiger partial charge in [-0.25, -0.2) is 0 Å². The minimum absolute atomic E-state index is 0.0850. The van der Waals surface area contributed by atoms with Crippen LogP contribution in [0.25, 0.3) is 10.3 Å². The molecule has 2 aromatic rings. The standard InChI is InChI=1S/C6H6N2OS/c1-8-4-2-3-10-5(4)7-6(8)9/h2-3H,1H3,(H,7,9). The fourth-order valence-electron chi connectivity index (χ4n) is 0.907. The van der Waals surface area contributed by atoms with Crippen molar-refractivity contribution in [3.63, 3.8) is 0 Å². The molecule has 0 aliphatic carbocycles. The number of aromatic hydroxyl groups is 1. The third kappa shape index (κ3) is 0.565. The first-order chi connectivity index (χ1) is 4.79. The summed E-state index contributed by atoms with van der Waals surface area (Å²) in [5.74, 6) is 0. The van der Waals surface area contributed by atoms with Gasteiger partial charge < -0.3 is 5.11 Å². The zero-order valence-electron chi connectivity index (χ0n) is 5.40. The molecule has 3 nitrogen and oxygen atoms in total. The van der Waals surface area contributed by atoms with Crippen LogP contribution in [0.5, 0.6) is 6.01 Å². The number of nitrogens with zero attached hydrogens (tertiary/aromatic N) is 2. The highest BCUT2D eigenvalue weighted by molar-refractivity contribution is 7.16. The van der Waals surface area contributed by atoms with Gasteiger partial charge in [-0.15, -0.1) is 11.3 Å². The van der Waals surface area contributed by atoms with Gasteiger partial charge in [-0.05, 0) is 11.4 Å². The van der Waals surface area contributed by atoms with Gasteiger partial charge in [0, 0.05) is 7.05 Å². The largest absolute Gasteiger partial charge is 0.480 e. The number of rotatable bonds is 0. The van der Waals surface area contributed by atoms with Gasteiger partial charge in [0.05, 0.1) is 5.52 Å². The van der Waals surface area contributed by atoms with Crippen LogP contribution in [-0.4, -0.2) is 14.7 Å². The third-order valence-electron chi connectivity index (χ3n) is 1.49. The molecule has 0 radical (unpaired) electrons. The molecule has 0 aromatic carbocycles. The second-order valence-corrected chi connectivity index (χ2v) is 2.98. The molecule has 52 valence electrons. The lowest BCUT2D eigenvalue weighted by atomic mass is 10.6. The molecule has 2 rings (SSSR count). The van der Waals surface area contributed by atoms with E-state index in [1.807, 2.05) is 11.4 Å². The average Bonchev–Trinajstić information content (AvgIpc) is 2.41. The van der Waals surface area contributed by atoms with Gasteiger partial charge in [-0.3, -0.25) is 4.57 Å². The van der Waals surface area contributed by atoms with Gasteiger partial charge in [0.15, 0.2) is 0 Å². The molecule has 0 bridgehead atoms. The fourth-order valence-corrected chi connectivity index (χ4v) is 1.69. The number of hydrogen-bond donors (Lipinski definition) is 1. The molecule has 0 saturated heterocycles. The first-order valence-corrected chi connectivity index (χ1v) is 3.76. The SMILES string of the molecule is Cn1c(O)nc2sccc21. The fraction of sp³-hybridized carbons (Fsp3) is 0.167. The number of fused-ring (bicyclic) bond motifs is 1. The summed E-state index contributed by atoms with van der Waals surface area (Å²) in [5.41, 5.74) is 0.988. The topological polar surface area (TPSA) is 38.0 Å². The van der Waals surface area contributed by atoms with Crippen LogP contribution in [0.2, 0.25) is 0 Å². The van der Waals surface area contributed by atoms with Crippen LogP contribution in [0.4, 0.5) is 0 Å². The second kappa shape index (κ2) is 1.73. The number of hydrogen-bond acceptors (Lipinski definition) is 3. The van der Waals surface area contributed by atoms with Crippen molar-refractivity contribution >= 4 is 21.7 Å². The summed E-state index contributed by atoms with van der Waals surface area (Å²) in [6, 6.07) is 2.02. The van der Waals surface area contributed by atoms with Crippen molar-refractivity contribution in [2.24, 2.45) is 7.05 Å². The second-order valence-electron chi connectivity index (χ2n) is 2.08. The molecule has 0 atom stereocenters. The molecule has 0 aliphatic heterocycles. The highest BCUT2D eigenvalue weighted by atomic mass is 32.1. The zero-order chi connectivity index (χ0) is 7.14. The lowest BCUT2D eigenvalue weighted by Crippen LogP contribution is -1.83. The average molecular weight is 154 g/mol. The van der Waals surface area contributed by atoms with E-state index < -0.39 is 0 Å². The number of thiophene rings is 1.